The highest BCUT2D eigenvalue weighted by Gasteiger charge is 2.44. The molecule has 0 fully saturated rings. The molecule has 0 spiro atoms. The number of hydrogen-bond acceptors (Lipinski definition) is 5. The number of nitrogens with two attached hydrogens (primary N) is 2. The van der Waals surface area contributed by atoms with E-state index in [0.29, 0.717) is 11.3 Å². The van der Waals surface area contributed by atoms with Gasteiger partial charge in [-0.1, -0.05) is 11.8 Å². The molecule has 0 aliphatic carbocycles. The fraction of sp³-hybridized carbons (Fsp3) is 0.182. The number of benzene rings is 2. The molecule has 164 valence electrons. The molecule has 0 aliphatic rings. The van der Waals surface area contributed by atoms with Crippen LogP contribution in [0.2, 0.25) is 0 Å². The summed E-state index contributed by atoms with van der Waals surface area (Å²) in [6.07, 6.45) is -3.13. The first-order chi connectivity index (χ1) is 14.6. The SMILES string of the molecule is C=C.C[C@@](N)(C(F)F)C(NC(=O)c1ccc(C#Cc2ccc(N)cc2)cc1)C(=O)NO. The lowest BCUT2D eigenvalue weighted by Crippen LogP contribution is -2.66. The second-order valence-corrected chi connectivity index (χ2v) is 6.50. The first kappa shape index (κ1) is 25.3. The van der Waals surface area contributed by atoms with Gasteiger partial charge >= 0.3 is 0 Å². The van der Waals surface area contributed by atoms with E-state index >= 15 is 0 Å². The zero-order valence-electron chi connectivity index (χ0n) is 16.9. The molecule has 7 N–H and O–H groups in total. The van der Waals surface area contributed by atoms with Gasteiger partial charge in [0.2, 0.25) is 0 Å². The third-order valence-electron chi connectivity index (χ3n) is 4.15. The molecule has 2 aromatic rings. The molecule has 2 rings (SSSR count). The van der Waals surface area contributed by atoms with Crippen LogP contribution in [0.15, 0.2) is 61.7 Å². The van der Waals surface area contributed by atoms with Gasteiger partial charge in [-0.15, -0.1) is 13.2 Å². The maximum Gasteiger partial charge on any atom is 0.268 e. The van der Waals surface area contributed by atoms with Crippen LogP contribution in [0.1, 0.15) is 28.4 Å². The van der Waals surface area contributed by atoms with E-state index in [1.54, 1.807) is 36.4 Å². The molecule has 2 atom stereocenters. The quantitative estimate of drug-likeness (QED) is 0.163. The second kappa shape index (κ2) is 11.4. The summed E-state index contributed by atoms with van der Waals surface area (Å²) in [4.78, 5) is 24.1. The minimum Gasteiger partial charge on any atom is -0.399 e. The number of amides is 2. The Kier molecular flexibility index (Phi) is 9.34. The third-order valence-corrected chi connectivity index (χ3v) is 4.15. The molecule has 31 heavy (non-hydrogen) atoms. The lowest BCUT2D eigenvalue weighted by atomic mass is 9.92. The molecule has 0 saturated heterocycles. The summed E-state index contributed by atoms with van der Waals surface area (Å²) in [5.41, 5.74) is 12.0. The van der Waals surface area contributed by atoms with Gasteiger partial charge in [0.25, 0.3) is 18.2 Å². The summed E-state index contributed by atoms with van der Waals surface area (Å²) in [6.45, 7) is 6.90. The fourth-order valence-electron chi connectivity index (χ4n) is 2.32. The van der Waals surface area contributed by atoms with E-state index in [4.69, 9.17) is 16.7 Å². The van der Waals surface area contributed by atoms with Crippen molar-refractivity contribution < 1.29 is 23.6 Å². The number of nitrogens with one attached hydrogen (secondary N) is 2. The van der Waals surface area contributed by atoms with Gasteiger partial charge < -0.3 is 16.8 Å². The van der Waals surface area contributed by atoms with E-state index in [1.165, 1.54) is 17.6 Å². The average Bonchev–Trinajstić information content (AvgIpc) is 2.77. The summed E-state index contributed by atoms with van der Waals surface area (Å²) < 4.78 is 26.3. The molecule has 2 amide bonds. The monoisotopic (exact) mass is 430 g/mol. The number of nitrogen functional groups attached to an aromatic ring is 1. The maximum atomic E-state index is 13.2. The van der Waals surface area contributed by atoms with Crippen molar-refractivity contribution in [1.29, 1.82) is 0 Å². The number of anilines is 1. The van der Waals surface area contributed by atoms with Crippen molar-refractivity contribution in [2.45, 2.75) is 24.9 Å². The molecular formula is C22H24F2N4O3. The number of hydrogen-bond donors (Lipinski definition) is 5. The van der Waals surface area contributed by atoms with Crippen molar-refractivity contribution in [3.05, 3.63) is 78.4 Å². The van der Waals surface area contributed by atoms with Crippen molar-refractivity contribution >= 4 is 17.5 Å². The van der Waals surface area contributed by atoms with Gasteiger partial charge in [-0.3, -0.25) is 14.8 Å². The highest BCUT2D eigenvalue weighted by molar-refractivity contribution is 5.98. The summed E-state index contributed by atoms with van der Waals surface area (Å²) >= 11 is 0. The largest absolute Gasteiger partial charge is 0.399 e. The smallest absolute Gasteiger partial charge is 0.268 e. The number of rotatable bonds is 5. The molecule has 0 aliphatic heterocycles. The van der Waals surface area contributed by atoms with Crippen LogP contribution in [-0.4, -0.2) is 35.0 Å². The second-order valence-electron chi connectivity index (χ2n) is 6.50. The van der Waals surface area contributed by atoms with Crippen LogP contribution in [0.5, 0.6) is 0 Å². The van der Waals surface area contributed by atoms with Gasteiger partial charge in [0.15, 0.2) is 0 Å². The van der Waals surface area contributed by atoms with E-state index in [9.17, 15) is 18.4 Å². The molecule has 0 aromatic heterocycles. The highest BCUT2D eigenvalue weighted by atomic mass is 19.3. The van der Waals surface area contributed by atoms with Crippen molar-refractivity contribution in [3.8, 4) is 11.8 Å². The number of carbonyl (C=O) groups excluding carboxylic acids is 2. The fourth-order valence-corrected chi connectivity index (χ4v) is 2.32. The molecule has 1 unspecified atom stereocenters. The van der Waals surface area contributed by atoms with E-state index in [1.807, 2.05) is 0 Å². The number of carbonyl (C=O) groups is 2. The van der Waals surface area contributed by atoms with E-state index in [2.05, 4.69) is 30.3 Å². The molecule has 0 bridgehead atoms. The van der Waals surface area contributed by atoms with Crippen LogP contribution in [0.3, 0.4) is 0 Å². The first-order valence-electron chi connectivity index (χ1n) is 8.94. The van der Waals surface area contributed by atoms with Gasteiger partial charge in [0, 0.05) is 22.4 Å². The van der Waals surface area contributed by atoms with Crippen molar-refractivity contribution in [1.82, 2.24) is 10.8 Å². The Morgan fingerprint density at radius 3 is 1.90 bits per heavy atom. The summed E-state index contributed by atoms with van der Waals surface area (Å²) in [6, 6.07) is 11.1. The van der Waals surface area contributed by atoms with Gasteiger partial charge in [-0.05, 0) is 55.5 Å². The van der Waals surface area contributed by atoms with Crippen LogP contribution in [0.4, 0.5) is 14.5 Å². The van der Waals surface area contributed by atoms with Crippen LogP contribution >= 0.6 is 0 Å². The minimum absolute atomic E-state index is 0.101. The van der Waals surface area contributed by atoms with Crippen LogP contribution in [0.25, 0.3) is 0 Å². The molecule has 9 heteroatoms. The zero-order chi connectivity index (χ0) is 23.6. The lowest BCUT2D eigenvalue weighted by Gasteiger charge is -2.32. The highest BCUT2D eigenvalue weighted by Crippen LogP contribution is 2.18. The summed E-state index contributed by atoms with van der Waals surface area (Å²) in [5, 5.41) is 10.9. The normalized spacial score (nSPS) is 12.8. The lowest BCUT2D eigenvalue weighted by molar-refractivity contribution is -0.134. The predicted octanol–water partition coefficient (Wildman–Crippen LogP) is 2.06. The molecule has 7 nitrogen and oxygen atoms in total. The number of hydroxylamine groups is 1. The van der Waals surface area contributed by atoms with Crippen molar-refractivity contribution in [2.24, 2.45) is 5.73 Å². The Morgan fingerprint density at radius 2 is 1.48 bits per heavy atom. The van der Waals surface area contributed by atoms with Crippen LogP contribution < -0.4 is 22.3 Å². The van der Waals surface area contributed by atoms with E-state index < -0.39 is 29.8 Å². The average molecular weight is 430 g/mol. The topological polar surface area (TPSA) is 130 Å². The van der Waals surface area contributed by atoms with Crippen LogP contribution in [-0.2, 0) is 4.79 Å². The Balaban J connectivity index is 0.00000233. The summed E-state index contributed by atoms with van der Waals surface area (Å²) in [5.74, 6) is 3.79. The van der Waals surface area contributed by atoms with Gasteiger partial charge in [0.1, 0.15) is 11.6 Å². The Labute approximate surface area is 179 Å². The standard InChI is InChI=1S/C20H20F2N4O3.C2H4/c1-20(24,19(21)22)16(18(28)26-29)25-17(27)14-8-4-12(5-9-14)2-3-13-6-10-15(23)11-7-13;1-2/h4-11,16,19,29H,23-24H2,1H3,(H,25,27)(H,26,28);1-2H2/t16?,20-;/m0./s1. The van der Waals surface area contributed by atoms with E-state index in [0.717, 1.165) is 12.5 Å². The number of alkyl halides is 2. The molecule has 0 heterocycles. The number of halogens is 2. The van der Waals surface area contributed by atoms with Gasteiger partial charge in [-0.25, -0.2) is 14.3 Å². The summed E-state index contributed by atoms with van der Waals surface area (Å²) in [7, 11) is 0. The van der Waals surface area contributed by atoms with E-state index in [-0.39, 0.29) is 5.56 Å². The Morgan fingerprint density at radius 1 is 1.03 bits per heavy atom. The maximum absolute atomic E-state index is 13.2. The first-order valence-corrected chi connectivity index (χ1v) is 8.94. The predicted molar refractivity (Wildman–Crippen MR) is 114 cm³/mol. The Hall–Kier alpha value is -3.74. The van der Waals surface area contributed by atoms with Crippen molar-refractivity contribution in [2.75, 3.05) is 5.73 Å². The van der Waals surface area contributed by atoms with Crippen molar-refractivity contribution in [3.63, 3.8) is 0 Å². The van der Waals surface area contributed by atoms with Crippen LogP contribution in [0, 0.1) is 11.8 Å². The minimum atomic E-state index is -3.13. The molecule has 0 saturated carbocycles. The zero-order valence-corrected chi connectivity index (χ0v) is 16.9. The van der Waals surface area contributed by atoms with Gasteiger partial charge in [0.05, 0.1) is 0 Å². The third kappa shape index (κ3) is 6.92. The Bertz CT molecular complexity index is 949. The molecule has 2 aromatic carbocycles. The molecule has 0 radical (unpaired) electrons. The van der Waals surface area contributed by atoms with Gasteiger partial charge in [-0.2, -0.15) is 0 Å². The molecular weight excluding hydrogens is 406 g/mol.